The Morgan fingerprint density at radius 2 is 1.04 bits per heavy atom. The molecule has 10 rings (SSSR count). The second-order valence-electron chi connectivity index (χ2n) is 16.1. The number of fused-ring (bicyclic) bond motifs is 3. The molecule has 1 aromatic carbocycles. The topological polar surface area (TPSA) is 435 Å². The smallest absolute Gasteiger partial charge is 0.394 e. The molecule has 0 spiro atoms. The number of hydrogen-bond acceptors (Lipinski definition) is 26. The van der Waals surface area contributed by atoms with Crippen LogP contribution >= 0.6 is 15.6 Å². The lowest BCUT2D eigenvalue weighted by Crippen LogP contribution is -2.37. The summed E-state index contributed by atoms with van der Waals surface area (Å²) in [6.07, 6.45) is -12.0. The van der Waals surface area contributed by atoms with E-state index in [4.69, 9.17) is 43.8 Å². The highest BCUT2D eigenvalue weighted by Gasteiger charge is 2.53. The number of aromatic nitrogens is 12. The fourth-order valence-electron chi connectivity index (χ4n) is 8.26. The Bertz CT molecular complexity index is 3100. The molecule has 2 unspecified atom stereocenters. The molecular weight excluding hydrogens is 972 g/mol. The SMILES string of the molecule is Nc1ncnc2c1ncn2[C@@H]1O[C@H](COP(=O)(O)O[C@@H]2[C@H](O)[C@@H](COP(=O)(O)O[C@@H]3[C@H](O)[C@@H](CO)O[C@H]3n3cnc4c(NCc5ccccc5)ncnc43)O[C@H]2n2cnc3c(N)ncnc32)[C@@H](O)[C@H]1O. The first-order valence-electron chi connectivity index (χ1n) is 21.0. The van der Waals surface area contributed by atoms with Gasteiger partial charge in [0.25, 0.3) is 0 Å². The molecule has 0 aliphatic carbocycles. The highest BCUT2D eigenvalue weighted by molar-refractivity contribution is 7.47. The number of aliphatic hydroxyl groups is 5. The molecule has 12 N–H and O–H groups in total. The van der Waals surface area contributed by atoms with Gasteiger partial charge in [0.1, 0.15) is 85.0 Å². The zero-order valence-electron chi connectivity index (χ0n) is 35.8. The molecule has 33 heteroatoms. The molecule has 31 nitrogen and oxygen atoms in total. The molecule has 9 heterocycles. The van der Waals surface area contributed by atoms with Crippen LogP contribution in [-0.4, -0.2) is 169 Å². The standard InChI is InChI=1S/C37H43N15O16P2/c38-29-20-32(44-10-41-29)50(13-47-20)35-26(57)23(54)18(65-35)8-62-69(58,59)68-28-25(56)19(66-37(28)51-14-48-21-30(39)42-11-45-33(21)51)9-63-70(60,61)67-27-24(55)17(7-53)64-36(27)52-15-49-22-31(43-12-46-34(22)52)40-6-16-4-2-1-3-5-16/h1-5,10-15,17-19,23-28,35-37,53-57H,6-9H2,(H,58,59)(H,60,61)(H2,38,41,44)(H2,39,42,45)(H,40,43,46)/t17-,18-,19-,23-,24-,25-,26-,27-,28-,35-,36-,37-/m1/s1. The minimum Gasteiger partial charge on any atom is -0.394 e. The first-order valence-corrected chi connectivity index (χ1v) is 24.0. The largest absolute Gasteiger partial charge is 0.472 e. The summed E-state index contributed by atoms with van der Waals surface area (Å²) in [6, 6.07) is 9.46. The maximum Gasteiger partial charge on any atom is 0.472 e. The normalized spacial score (nSPS) is 29.8. The minimum atomic E-state index is -5.31. The average molecular weight is 1020 g/mol. The molecule has 6 aromatic heterocycles. The van der Waals surface area contributed by atoms with Crippen molar-refractivity contribution in [3.8, 4) is 0 Å². The van der Waals surface area contributed by atoms with E-state index in [-0.39, 0.29) is 45.1 Å². The van der Waals surface area contributed by atoms with E-state index in [0.717, 1.165) is 24.5 Å². The molecule has 3 fully saturated rings. The van der Waals surface area contributed by atoms with Crippen LogP contribution in [0, 0.1) is 0 Å². The van der Waals surface area contributed by atoms with Gasteiger partial charge in [-0.25, -0.2) is 54.0 Å². The molecule has 7 aromatic rings. The first kappa shape index (κ1) is 47.8. The number of phosphoric acid groups is 2. The molecule has 0 amide bonds. The Morgan fingerprint density at radius 1 is 0.586 bits per heavy atom. The Morgan fingerprint density at radius 3 is 1.60 bits per heavy atom. The van der Waals surface area contributed by atoms with Crippen LogP contribution in [0.4, 0.5) is 17.5 Å². The van der Waals surface area contributed by atoms with Crippen molar-refractivity contribution in [3.63, 3.8) is 0 Å². The summed E-state index contributed by atoms with van der Waals surface area (Å²) in [5.74, 6) is 0.332. The van der Waals surface area contributed by atoms with Gasteiger partial charge in [0.2, 0.25) is 0 Å². The monoisotopic (exact) mass is 1020 g/mol. The summed E-state index contributed by atoms with van der Waals surface area (Å²) >= 11 is 0. The molecular formula is C37H43N15O16P2. The maximum atomic E-state index is 13.7. The van der Waals surface area contributed by atoms with Gasteiger partial charge < -0.3 is 66.3 Å². The van der Waals surface area contributed by atoms with E-state index in [1.807, 2.05) is 30.3 Å². The van der Waals surface area contributed by atoms with Crippen LogP contribution in [0.1, 0.15) is 24.2 Å². The Labute approximate surface area is 391 Å². The number of nitrogens with two attached hydrogens (primary N) is 2. The molecule has 372 valence electrons. The summed E-state index contributed by atoms with van der Waals surface area (Å²) in [5.41, 5.74) is 13.7. The quantitative estimate of drug-likeness (QED) is 0.0460. The third kappa shape index (κ3) is 9.07. The van der Waals surface area contributed by atoms with Crippen molar-refractivity contribution in [2.24, 2.45) is 0 Å². The van der Waals surface area contributed by atoms with Gasteiger partial charge in [-0.3, -0.25) is 31.8 Å². The van der Waals surface area contributed by atoms with Crippen LogP contribution in [0.5, 0.6) is 0 Å². The molecule has 14 atom stereocenters. The van der Waals surface area contributed by atoms with E-state index in [1.165, 1.54) is 32.7 Å². The van der Waals surface area contributed by atoms with E-state index in [9.17, 15) is 44.4 Å². The van der Waals surface area contributed by atoms with Gasteiger partial charge in [-0.05, 0) is 5.56 Å². The zero-order valence-corrected chi connectivity index (χ0v) is 37.6. The van der Waals surface area contributed by atoms with Crippen molar-refractivity contribution in [2.45, 2.75) is 80.2 Å². The van der Waals surface area contributed by atoms with Crippen molar-refractivity contribution < 1.29 is 76.8 Å². The van der Waals surface area contributed by atoms with Crippen LogP contribution in [0.15, 0.2) is 68.3 Å². The van der Waals surface area contributed by atoms with Gasteiger partial charge in [0.05, 0.1) is 38.8 Å². The van der Waals surface area contributed by atoms with Gasteiger partial charge in [-0.1, -0.05) is 30.3 Å². The summed E-state index contributed by atoms with van der Waals surface area (Å²) in [4.78, 5) is 59.4. The summed E-state index contributed by atoms with van der Waals surface area (Å²) in [6.45, 7) is -2.15. The van der Waals surface area contributed by atoms with Crippen LogP contribution in [0.25, 0.3) is 33.5 Å². The molecule has 3 aliphatic heterocycles. The number of nitrogens with zero attached hydrogens (tertiary/aromatic N) is 12. The number of ether oxygens (including phenoxy) is 3. The Kier molecular flexibility index (Phi) is 13.0. The molecule has 3 aliphatic rings. The molecule has 0 saturated carbocycles. The fourth-order valence-corrected chi connectivity index (χ4v) is 10.1. The third-order valence-electron chi connectivity index (χ3n) is 11.7. The number of phosphoric ester groups is 2. The van der Waals surface area contributed by atoms with E-state index in [0.29, 0.717) is 12.4 Å². The summed E-state index contributed by atoms with van der Waals surface area (Å²) < 4.78 is 70.4. The summed E-state index contributed by atoms with van der Waals surface area (Å²) in [7, 11) is -10.6. The Hall–Kier alpha value is -5.83. The third-order valence-corrected chi connectivity index (χ3v) is 13.7. The predicted molar refractivity (Wildman–Crippen MR) is 233 cm³/mol. The van der Waals surface area contributed by atoms with E-state index in [1.54, 1.807) is 0 Å². The van der Waals surface area contributed by atoms with Crippen molar-refractivity contribution in [1.82, 2.24) is 58.6 Å². The number of nitrogens with one attached hydrogen (secondary N) is 1. The average Bonchev–Trinajstić information content (AvgIpc) is 4.21. The van der Waals surface area contributed by atoms with Crippen molar-refractivity contribution in [1.29, 1.82) is 0 Å². The van der Waals surface area contributed by atoms with Crippen molar-refractivity contribution in [2.75, 3.05) is 36.6 Å². The van der Waals surface area contributed by atoms with Gasteiger partial charge in [-0.2, -0.15) is 0 Å². The van der Waals surface area contributed by atoms with Crippen LogP contribution in [0.2, 0.25) is 0 Å². The van der Waals surface area contributed by atoms with E-state index < -0.39 is 109 Å². The predicted octanol–water partition coefficient (Wildman–Crippen LogP) is -1.58. The number of aliphatic hydroxyl groups excluding tert-OH is 5. The minimum absolute atomic E-state index is 0.0161. The van der Waals surface area contributed by atoms with Crippen LogP contribution < -0.4 is 16.8 Å². The maximum absolute atomic E-state index is 13.7. The number of nitrogen functional groups attached to an aromatic ring is 2. The molecule has 70 heavy (non-hydrogen) atoms. The lowest BCUT2D eigenvalue weighted by molar-refractivity contribution is -0.0645. The van der Waals surface area contributed by atoms with E-state index in [2.05, 4.69) is 50.2 Å². The van der Waals surface area contributed by atoms with Crippen molar-refractivity contribution in [3.05, 3.63) is 73.9 Å². The zero-order chi connectivity index (χ0) is 49.1. The molecule has 0 bridgehead atoms. The number of benzene rings is 1. The van der Waals surface area contributed by atoms with E-state index >= 15 is 0 Å². The highest BCUT2D eigenvalue weighted by atomic mass is 31.2. The van der Waals surface area contributed by atoms with Gasteiger partial charge >= 0.3 is 15.6 Å². The summed E-state index contributed by atoms with van der Waals surface area (Å²) in [5, 5.41) is 57.8. The van der Waals surface area contributed by atoms with Gasteiger partial charge in [0.15, 0.2) is 58.6 Å². The second-order valence-corrected chi connectivity index (χ2v) is 18.9. The fraction of sp³-hybridized carbons (Fsp3) is 0.432. The second kappa shape index (κ2) is 19.1. The number of anilines is 3. The van der Waals surface area contributed by atoms with Gasteiger partial charge in [0, 0.05) is 6.54 Å². The van der Waals surface area contributed by atoms with Gasteiger partial charge in [-0.15, -0.1) is 0 Å². The van der Waals surface area contributed by atoms with Crippen LogP contribution in [0.3, 0.4) is 0 Å². The number of imidazole rings is 3. The number of hydrogen-bond donors (Lipinski definition) is 10. The first-order chi connectivity index (χ1) is 33.6. The number of rotatable bonds is 17. The lowest BCUT2D eigenvalue weighted by Gasteiger charge is -2.25. The highest BCUT2D eigenvalue weighted by Crippen LogP contribution is 2.53. The van der Waals surface area contributed by atoms with Crippen molar-refractivity contribution >= 4 is 66.6 Å². The Balaban J connectivity index is 0.842. The van der Waals surface area contributed by atoms with Crippen LogP contribution in [-0.2, 0) is 48.0 Å². The molecule has 0 radical (unpaired) electrons. The molecule has 3 saturated heterocycles. The lowest BCUT2D eigenvalue weighted by atomic mass is 10.1.